The van der Waals surface area contributed by atoms with Crippen molar-refractivity contribution in [1.82, 2.24) is 10.2 Å². The van der Waals surface area contributed by atoms with Crippen LogP contribution in [0, 0.1) is 12.8 Å². The molecule has 0 bridgehead atoms. The number of benzene rings is 3. The number of hydrogen-bond acceptors (Lipinski definition) is 3. The fourth-order valence-electron chi connectivity index (χ4n) is 3.89. The maximum absolute atomic E-state index is 13.7. The van der Waals surface area contributed by atoms with Crippen LogP contribution in [0.15, 0.2) is 78.9 Å². The predicted octanol–water partition coefficient (Wildman–Crippen LogP) is 6.29. The Morgan fingerprint density at radius 3 is 2.22 bits per heavy atom. The number of carbonyl (C=O) groups is 2. The summed E-state index contributed by atoms with van der Waals surface area (Å²) in [6.45, 7) is 7.11. The molecule has 3 aromatic carbocycles. The summed E-state index contributed by atoms with van der Waals surface area (Å²) in [5, 5.41) is 3.77. The van der Waals surface area contributed by atoms with Gasteiger partial charge >= 0.3 is 0 Å². The highest BCUT2D eigenvalue weighted by Gasteiger charge is 2.30. The lowest BCUT2D eigenvalue weighted by Crippen LogP contribution is -2.51. The van der Waals surface area contributed by atoms with E-state index < -0.39 is 6.04 Å². The molecule has 2 amide bonds. The summed E-state index contributed by atoms with van der Waals surface area (Å²) in [7, 11) is 0. The minimum atomic E-state index is -0.612. The molecule has 0 radical (unpaired) electrons. The number of halogens is 1. The molecule has 3 aromatic rings. The molecule has 6 heteroatoms. The van der Waals surface area contributed by atoms with E-state index >= 15 is 0 Å². The molecule has 1 N–H and O–H groups in total. The minimum absolute atomic E-state index is 0.0593. The van der Waals surface area contributed by atoms with E-state index in [4.69, 9.17) is 11.6 Å². The highest BCUT2D eigenvalue weighted by molar-refractivity contribution is 7.99. The summed E-state index contributed by atoms with van der Waals surface area (Å²) >= 11 is 7.83. The van der Waals surface area contributed by atoms with Crippen molar-refractivity contribution in [2.75, 3.05) is 12.3 Å². The number of carbonyl (C=O) groups excluding carboxylic acids is 2. The first-order valence-electron chi connectivity index (χ1n) is 12.3. The lowest BCUT2D eigenvalue weighted by atomic mass is 10.0. The molecular weight excluding hydrogens is 488 g/mol. The van der Waals surface area contributed by atoms with Crippen molar-refractivity contribution >= 4 is 35.2 Å². The highest BCUT2D eigenvalue weighted by atomic mass is 35.5. The molecule has 0 aliphatic heterocycles. The first kappa shape index (κ1) is 27.8. The SMILES string of the molecule is Cc1ccccc1CN(C(=O)CSCc1ccccc1Cl)[C@@H](Cc1ccccc1)C(=O)NCC(C)C. The maximum atomic E-state index is 13.7. The fraction of sp³-hybridized carbons (Fsp3) is 0.333. The van der Waals surface area contributed by atoms with Crippen molar-refractivity contribution in [1.29, 1.82) is 0 Å². The van der Waals surface area contributed by atoms with Crippen LogP contribution in [0.3, 0.4) is 0 Å². The van der Waals surface area contributed by atoms with Gasteiger partial charge in [0.2, 0.25) is 11.8 Å². The monoisotopic (exact) mass is 522 g/mol. The standard InChI is InChI=1S/C30H35ClN2O2S/c1-22(2)18-32-30(35)28(17-24-12-5-4-6-13-24)33(19-25-14-8-7-11-23(25)3)29(34)21-36-20-26-15-9-10-16-27(26)31/h4-16,22,28H,17-21H2,1-3H3,(H,32,35)/t28-/m0/s1. The fourth-order valence-corrected chi connectivity index (χ4v) is 5.09. The molecule has 4 nitrogen and oxygen atoms in total. The molecule has 0 aliphatic carbocycles. The zero-order valence-electron chi connectivity index (χ0n) is 21.2. The molecule has 0 aliphatic rings. The van der Waals surface area contributed by atoms with Crippen LogP contribution in [0.4, 0.5) is 0 Å². The summed E-state index contributed by atoms with van der Waals surface area (Å²) in [6, 6.07) is 25.0. The van der Waals surface area contributed by atoms with Crippen molar-refractivity contribution in [3.05, 3.63) is 106 Å². The molecule has 0 spiro atoms. The molecule has 0 unspecified atom stereocenters. The second kappa shape index (κ2) is 14.1. The van der Waals surface area contributed by atoms with Crippen molar-refractivity contribution in [2.45, 2.75) is 45.5 Å². The Kier molecular flexibility index (Phi) is 10.9. The van der Waals surface area contributed by atoms with E-state index in [1.54, 1.807) is 4.90 Å². The third-order valence-electron chi connectivity index (χ3n) is 6.00. The molecule has 0 saturated heterocycles. The zero-order valence-corrected chi connectivity index (χ0v) is 22.8. The van der Waals surface area contributed by atoms with Crippen LogP contribution in [-0.4, -0.2) is 35.1 Å². The first-order chi connectivity index (χ1) is 17.3. The number of thioether (sulfide) groups is 1. The van der Waals surface area contributed by atoms with E-state index in [1.807, 2.05) is 85.8 Å². The van der Waals surface area contributed by atoms with Crippen LogP contribution in [0.1, 0.15) is 36.1 Å². The van der Waals surface area contributed by atoms with Gasteiger partial charge in [0, 0.05) is 30.3 Å². The summed E-state index contributed by atoms with van der Waals surface area (Å²) in [5.41, 5.74) is 4.16. The molecule has 36 heavy (non-hydrogen) atoms. The molecule has 0 fully saturated rings. The van der Waals surface area contributed by atoms with E-state index in [1.165, 1.54) is 11.8 Å². The Morgan fingerprint density at radius 2 is 1.56 bits per heavy atom. The Morgan fingerprint density at radius 1 is 0.917 bits per heavy atom. The first-order valence-corrected chi connectivity index (χ1v) is 13.8. The average molecular weight is 523 g/mol. The number of rotatable bonds is 12. The lowest BCUT2D eigenvalue weighted by molar-refractivity contribution is -0.139. The van der Waals surface area contributed by atoms with Crippen molar-refractivity contribution in [2.24, 2.45) is 5.92 Å². The number of aryl methyl sites for hydroxylation is 1. The Balaban J connectivity index is 1.86. The van der Waals surface area contributed by atoms with E-state index in [0.717, 1.165) is 22.3 Å². The van der Waals surface area contributed by atoms with Crippen LogP contribution in [0.5, 0.6) is 0 Å². The molecule has 0 saturated carbocycles. The van der Waals surface area contributed by atoms with Crippen molar-refractivity contribution in [3.63, 3.8) is 0 Å². The maximum Gasteiger partial charge on any atom is 0.243 e. The van der Waals surface area contributed by atoms with Gasteiger partial charge in [-0.2, -0.15) is 0 Å². The van der Waals surface area contributed by atoms with Gasteiger partial charge in [0.05, 0.1) is 5.75 Å². The summed E-state index contributed by atoms with van der Waals surface area (Å²) in [4.78, 5) is 28.9. The zero-order chi connectivity index (χ0) is 25.9. The van der Waals surface area contributed by atoms with Gasteiger partial charge in [0.15, 0.2) is 0 Å². The van der Waals surface area contributed by atoms with Gasteiger partial charge in [-0.1, -0.05) is 98.2 Å². The Hall–Kier alpha value is -2.76. The smallest absolute Gasteiger partial charge is 0.243 e. The van der Waals surface area contributed by atoms with Crippen molar-refractivity contribution < 1.29 is 9.59 Å². The second-order valence-electron chi connectivity index (χ2n) is 9.38. The third kappa shape index (κ3) is 8.42. The van der Waals surface area contributed by atoms with Gasteiger partial charge in [-0.3, -0.25) is 9.59 Å². The van der Waals surface area contributed by atoms with Crippen LogP contribution in [0.2, 0.25) is 5.02 Å². The number of hydrogen-bond donors (Lipinski definition) is 1. The van der Waals surface area contributed by atoms with Gasteiger partial charge in [-0.25, -0.2) is 0 Å². The van der Waals surface area contributed by atoms with Crippen molar-refractivity contribution in [3.8, 4) is 0 Å². The Labute approximate surface area is 224 Å². The Bertz CT molecular complexity index is 1140. The second-order valence-corrected chi connectivity index (χ2v) is 10.8. The summed E-state index contributed by atoms with van der Waals surface area (Å²) < 4.78 is 0. The quantitative estimate of drug-likeness (QED) is 0.304. The topological polar surface area (TPSA) is 49.4 Å². The van der Waals surface area contributed by atoms with Crippen LogP contribution >= 0.6 is 23.4 Å². The largest absolute Gasteiger partial charge is 0.354 e. The van der Waals surface area contributed by atoms with Gasteiger partial charge in [0.1, 0.15) is 6.04 Å². The third-order valence-corrected chi connectivity index (χ3v) is 7.33. The van der Waals surface area contributed by atoms with Gasteiger partial charge < -0.3 is 10.2 Å². The molecule has 190 valence electrons. The van der Waals surface area contributed by atoms with Crippen LogP contribution in [-0.2, 0) is 28.3 Å². The van der Waals surface area contributed by atoms with E-state index in [0.29, 0.717) is 36.2 Å². The van der Waals surface area contributed by atoms with E-state index in [9.17, 15) is 9.59 Å². The van der Waals surface area contributed by atoms with Crippen LogP contribution < -0.4 is 5.32 Å². The van der Waals surface area contributed by atoms with Crippen LogP contribution in [0.25, 0.3) is 0 Å². The normalized spacial score (nSPS) is 11.8. The lowest BCUT2D eigenvalue weighted by Gasteiger charge is -2.32. The van der Waals surface area contributed by atoms with Gasteiger partial charge in [-0.15, -0.1) is 11.8 Å². The minimum Gasteiger partial charge on any atom is -0.354 e. The van der Waals surface area contributed by atoms with E-state index in [2.05, 4.69) is 19.2 Å². The molecule has 0 aromatic heterocycles. The average Bonchev–Trinajstić information content (AvgIpc) is 2.87. The predicted molar refractivity (Wildman–Crippen MR) is 151 cm³/mol. The number of nitrogens with one attached hydrogen (secondary N) is 1. The molecule has 0 heterocycles. The summed E-state index contributed by atoms with van der Waals surface area (Å²) in [5.74, 6) is 1.03. The molecule has 1 atom stereocenters. The molecular formula is C30H35ClN2O2S. The summed E-state index contributed by atoms with van der Waals surface area (Å²) in [6.07, 6.45) is 0.456. The highest BCUT2D eigenvalue weighted by Crippen LogP contribution is 2.23. The van der Waals surface area contributed by atoms with E-state index in [-0.39, 0.29) is 17.6 Å². The van der Waals surface area contributed by atoms with Gasteiger partial charge in [0.25, 0.3) is 0 Å². The molecule has 3 rings (SSSR count). The number of amides is 2. The van der Waals surface area contributed by atoms with Gasteiger partial charge in [-0.05, 0) is 41.2 Å². The number of nitrogens with zero attached hydrogens (tertiary/aromatic N) is 1.